The van der Waals surface area contributed by atoms with Crippen molar-refractivity contribution in [2.24, 2.45) is 10.1 Å². The molecule has 1 amide bonds. The molecule has 176 valence electrons. The minimum atomic E-state index is -1.04. The van der Waals surface area contributed by atoms with Gasteiger partial charge in [-0.3, -0.25) is 14.6 Å². The number of hydrogen-bond acceptors (Lipinski definition) is 7. The first kappa shape index (κ1) is 22.7. The Balaban J connectivity index is 1.61. The summed E-state index contributed by atoms with van der Waals surface area (Å²) >= 11 is 0. The van der Waals surface area contributed by atoms with Gasteiger partial charge >= 0.3 is 0 Å². The number of anilines is 1. The summed E-state index contributed by atoms with van der Waals surface area (Å²) in [5, 5.41) is 24.1. The number of aliphatic hydroxyl groups is 1. The van der Waals surface area contributed by atoms with E-state index in [2.05, 4.69) is 32.8 Å². The highest BCUT2D eigenvalue weighted by atomic mass is 19.1. The number of aromatic nitrogens is 1. The summed E-state index contributed by atoms with van der Waals surface area (Å²) in [6, 6.07) is 2.62. The molecule has 0 radical (unpaired) electrons. The molecule has 0 aromatic carbocycles. The Bertz CT molecular complexity index is 1110. The highest BCUT2D eigenvalue weighted by Crippen LogP contribution is 2.31. The number of halogens is 1. The Morgan fingerprint density at radius 3 is 2.67 bits per heavy atom. The van der Waals surface area contributed by atoms with Crippen molar-refractivity contribution in [3.8, 4) is 0 Å². The fourth-order valence-corrected chi connectivity index (χ4v) is 3.95. The zero-order valence-electron chi connectivity index (χ0n) is 18.6. The fraction of sp³-hybridized carbons (Fsp3) is 0.455. The molecule has 1 unspecified atom stereocenters. The van der Waals surface area contributed by atoms with E-state index in [1.54, 1.807) is 38.4 Å². The van der Waals surface area contributed by atoms with Gasteiger partial charge in [0.2, 0.25) is 0 Å². The van der Waals surface area contributed by atoms with E-state index < -0.39 is 24.2 Å². The number of hydrazone groups is 1. The lowest BCUT2D eigenvalue weighted by Crippen LogP contribution is -2.49. The minimum absolute atomic E-state index is 0.243. The van der Waals surface area contributed by atoms with Gasteiger partial charge in [0.1, 0.15) is 23.5 Å². The van der Waals surface area contributed by atoms with Crippen LogP contribution in [0.4, 0.5) is 10.1 Å². The van der Waals surface area contributed by atoms with Crippen molar-refractivity contribution in [1.29, 1.82) is 0 Å². The molecule has 33 heavy (non-hydrogen) atoms. The van der Waals surface area contributed by atoms with Gasteiger partial charge in [-0.05, 0) is 44.7 Å². The van der Waals surface area contributed by atoms with E-state index in [0.717, 1.165) is 6.42 Å². The molecule has 10 nitrogen and oxygen atoms in total. The lowest BCUT2D eigenvalue weighted by molar-refractivity contribution is -0.119. The molecule has 0 bridgehead atoms. The van der Waals surface area contributed by atoms with E-state index in [9.17, 15) is 19.1 Å². The molecule has 0 spiro atoms. The van der Waals surface area contributed by atoms with Crippen LogP contribution in [-0.2, 0) is 4.79 Å². The van der Waals surface area contributed by atoms with E-state index in [4.69, 9.17) is 0 Å². The Kier molecular flexibility index (Phi) is 6.32. The van der Waals surface area contributed by atoms with Crippen LogP contribution in [0.25, 0.3) is 0 Å². The van der Waals surface area contributed by atoms with Crippen molar-refractivity contribution in [2.45, 2.75) is 57.0 Å². The van der Waals surface area contributed by atoms with Crippen molar-refractivity contribution < 1.29 is 14.3 Å². The Morgan fingerprint density at radius 2 is 2.12 bits per heavy atom. The normalized spacial score (nSPS) is 29.3. The zero-order valence-corrected chi connectivity index (χ0v) is 18.6. The predicted octanol–water partition coefficient (Wildman–Crippen LogP) is 1.19. The van der Waals surface area contributed by atoms with Crippen LogP contribution in [0.5, 0.6) is 0 Å². The second-order valence-corrected chi connectivity index (χ2v) is 8.34. The third-order valence-electron chi connectivity index (χ3n) is 6.33. The van der Waals surface area contributed by atoms with Crippen molar-refractivity contribution >= 4 is 24.1 Å². The van der Waals surface area contributed by atoms with Crippen LogP contribution in [0, 0.1) is 0 Å². The number of rotatable bonds is 6. The van der Waals surface area contributed by atoms with Gasteiger partial charge in [-0.2, -0.15) is 10.1 Å². The molecule has 2 fully saturated rings. The molecule has 3 aliphatic rings. The molecule has 2 heterocycles. The smallest absolute Gasteiger partial charge is 0.274 e. The number of carbonyl (C=O) groups excluding carboxylic acids is 1. The summed E-state index contributed by atoms with van der Waals surface area (Å²) in [5.74, 6) is 0.629. The highest BCUT2D eigenvalue weighted by Gasteiger charge is 2.34. The molecular weight excluding hydrogens is 429 g/mol. The number of aliphatic hydroxyl groups excluding tert-OH is 1. The van der Waals surface area contributed by atoms with Gasteiger partial charge in [0.25, 0.3) is 11.5 Å². The number of amidine groups is 1. The lowest BCUT2D eigenvalue weighted by atomic mass is 9.89. The van der Waals surface area contributed by atoms with E-state index in [-0.39, 0.29) is 23.0 Å². The number of alkyl halides is 1. The largest absolute Gasteiger partial charge is 0.391 e. The number of carbonyl (C=O) groups is 1. The van der Waals surface area contributed by atoms with Crippen molar-refractivity contribution in [2.75, 3.05) is 12.4 Å². The summed E-state index contributed by atoms with van der Waals surface area (Å²) < 4.78 is 15.1. The number of amides is 1. The summed E-state index contributed by atoms with van der Waals surface area (Å²) in [7, 11) is 1.57. The average molecular weight is 458 g/mol. The molecule has 1 aliphatic heterocycles. The topological polar surface area (TPSA) is 123 Å². The monoisotopic (exact) mass is 457 g/mol. The van der Waals surface area contributed by atoms with Crippen molar-refractivity contribution in [3.05, 3.63) is 52.0 Å². The summed E-state index contributed by atoms with van der Waals surface area (Å²) in [5.41, 5.74) is 0.280. The summed E-state index contributed by atoms with van der Waals surface area (Å²) in [4.78, 5) is 29.9. The van der Waals surface area contributed by atoms with Crippen LogP contribution < -0.4 is 21.5 Å². The van der Waals surface area contributed by atoms with Gasteiger partial charge in [-0.15, -0.1) is 0 Å². The molecule has 1 aromatic heterocycles. The number of nitrogens with one attached hydrogen (secondary N) is 3. The lowest BCUT2D eigenvalue weighted by Gasteiger charge is -2.34. The number of pyridine rings is 1. The number of hydrogen-bond donors (Lipinski definition) is 4. The van der Waals surface area contributed by atoms with E-state index >= 15 is 0 Å². The minimum Gasteiger partial charge on any atom is -0.391 e. The summed E-state index contributed by atoms with van der Waals surface area (Å²) in [6.07, 6.45) is 4.14. The quantitative estimate of drug-likeness (QED) is 0.376. The van der Waals surface area contributed by atoms with Gasteiger partial charge in [-0.1, -0.05) is 0 Å². The van der Waals surface area contributed by atoms with Gasteiger partial charge in [-0.25, -0.2) is 4.39 Å². The molecule has 11 heteroatoms. The molecule has 1 aromatic rings. The third kappa shape index (κ3) is 4.28. The average Bonchev–Trinajstić information content (AvgIpc) is 2.81. The molecule has 0 saturated heterocycles. The van der Waals surface area contributed by atoms with E-state index in [1.165, 1.54) is 9.58 Å². The van der Waals surface area contributed by atoms with Crippen LogP contribution in [0.15, 0.2) is 56.5 Å². The first-order chi connectivity index (χ1) is 15.8. The van der Waals surface area contributed by atoms with Gasteiger partial charge in [0, 0.05) is 26.0 Å². The predicted molar refractivity (Wildman–Crippen MR) is 123 cm³/mol. The van der Waals surface area contributed by atoms with Gasteiger partial charge < -0.3 is 25.6 Å². The van der Waals surface area contributed by atoms with E-state index in [0.29, 0.717) is 36.6 Å². The fourth-order valence-electron chi connectivity index (χ4n) is 3.95. The van der Waals surface area contributed by atoms with Gasteiger partial charge in [0.05, 0.1) is 23.8 Å². The third-order valence-corrected chi connectivity index (χ3v) is 6.33. The molecular formula is C22H28FN7O3. The molecule has 2 saturated carbocycles. The van der Waals surface area contributed by atoms with Crippen molar-refractivity contribution in [3.63, 3.8) is 0 Å². The van der Waals surface area contributed by atoms with E-state index in [1.807, 2.05) is 0 Å². The second kappa shape index (κ2) is 9.18. The maximum absolute atomic E-state index is 13.6. The van der Waals surface area contributed by atoms with Gasteiger partial charge in [0.15, 0.2) is 5.84 Å². The Hall–Kier alpha value is -3.47. The van der Waals surface area contributed by atoms with Crippen LogP contribution >= 0.6 is 0 Å². The molecule has 4 N–H and O–H groups in total. The zero-order chi connectivity index (χ0) is 23.7. The van der Waals surface area contributed by atoms with Crippen molar-refractivity contribution in [1.82, 2.24) is 20.2 Å². The number of aliphatic imine (C=N–C) groups is 1. The first-order valence-corrected chi connectivity index (χ1v) is 10.9. The second-order valence-electron chi connectivity index (χ2n) is 8.34. The highest BCUT2D eigenvalue weighted by molar-refractivity contribution is 5.99. The SMILES string of the molecule is C=NN1C(=NC)C=C(Nc2cccn([C@@H]3CC[C@@H]3O)c2=O)N/C1=C(/C)C(=O)NC1CC[C@@H]1F. The molecule has 2 aliphatic carbocycles. The van der Waals surface area contributed by atoms with Crippen LogP contribution in [0.2, 0.25) is 0 Å². The summed E-state index contributed by atoms with van der Waals surface area (Å²) in [6.45, 7) is 5.14. The maximum Gasteiger partial charge on any atom is 0.274 e. The number of nitrogens with zero attached hydrogens (tertiary/aromatic N) is 4. The molecule has 4 rings (SSSR count). The van der Waals surface area contributed by atoms with Crippen LogP contribution in [0.3, 0.4) is 0 Å². The van der Waals surface area contributed by atoms with Crippen LogP contribution in [0.1, 0.15) is 38.6 Å². The Labute approximate surface area is 190 Å². The Morgan fingerprint density at radius 1 is 1.33 bits per heavy atom. The standard InChI is InChI=1S/C22H28FN7O3/c1-12(21(32)27-14-7-6-13(14)23)20-28-18(11-19(24-2)30(20)25-3)26-15-5-4-10-29(22(15)33)16-8-9-17(16)31/h4-5,10-11,13-14,16-17,26,28,31H,3,6-9H2,1-2H3,(H,27,32)/b20-12+,24-19?/t13-,14?,16+,17-/m0/s1. The molecule has 4 atom stereocenters. The first-order valence-electron chi connectivity index (χ1n) is 10.9. The maximum atomic E-state index is 13.6. The van der Waals surface area contributed by atoms with Crippen LogP contribution in [-0.4, -0.2) is 58.5 Å².